The van der Waals surface area contributed by atoms with Gasteiger partial charge in [-0.3, -0.25) is 0 Å². The molecule has 0 aliphatic heterocycles. The molecule has 1 N–H and O–H groups in total. The Labute approximate surface area is 112 Å². The monoisotopic (exact) mass is 261 g/mol. The van der Waals surface area contributed by atoms with Gasteiger partial charge in [0, 0.05) is 28.7 Å². The summed E-state index contributed by atoms with van der Waals surface area (Å²) in [5, 5.41) is 5.48. The van der Waals surface area contributed by atoms with E-state index in [0.29, 0.717) is 6.04 Å². The molecule has 1 atom stereocenters. The van der Waals surface area contributed by atoms with Crippen LogP contribution in [0, 0.1) is 20.8 Å². The standard InChI is InChI=1S/C14H19N3S/c1-9(8-13-6-5-7-18-13)15-14-16-11(3)10(2)12(4)17-14/h5-7,9H,8H2,1-4H3,(H,15,16,17)/t9-/m1/s1. The third-order valence-electron chi connectivity index (χ3n) is 3.10. The Balaban J connectivity index is 2.05. The fourth-order valence-electron chi connectivity index (χ4n) is 1.84. The van der Waals surface area contributed by atoms with Crippen molar-refractivity contribution in [1.29, 1.82) is 0 Å². The third-order valence-corrected chi connectivity index (χ3v) is 3.99. The number of thiophene rings is 1. The molecule has 0 fully saturated rings. The lowest BCUT2D eigenvalue weighted by Crippen LogP contribution is -2.20. The molecular formula is C14H19N3S. The minimum Gasteiger partial charge on any atom is -0.351 e. The molecule has 0 bridgehead atoms. The van der Waals surface area contributed by atoms with Crippen molar-refractivity contribution in [2.75, 3.05) is 5.32 Å². The Hall–Kier alpha value is -1.42. The Morgan fingerprint density at radius 2 is 1.89 bits per heavy atom. The van der Waals surface area contributed by atoms with Crippen molar-refractivity contribution in [2.24, 2.45) is 0 Å². The van der Waals surface area contributed by atoms with E-state index in [-0.39, 0.29) is 0 Å². The molecule has 0 aliphatic rings. The lowest BCUT2D eigenvalue weighted by molar-refractivity contribution is 0.781. The largest absolute Gasteiger partial charge is 0.351 e. The number of hydrogen-bond acceptors (Lipinski definition) is 4. The van der Waals surface area contributed by atoms with Crippen molar-refractivity contribution in [1.82, 2.24) is 9.97 Å². The Bertz CT molecular complexity index is 497. The number of rotatable bonds is 4. The zero-order valence-corrected chi connectivity index (χ0v) is 12.1. The van der Waals surface area contributed by atoms with Gasteiger partial charge in [-0.25, -0.2) is 9.97 Å². The maximum atomic E-state index is 4.48. The van der Waals surface area contributed by atoms with Gasteiger partial charge in [-0.15, -0.1) is 11.3 Å². The second-order valence-electron chi connectivity index (χ2n) is 4.67. The van der Waals surface area contributed by atoms with Crippen LogP contribution in [0.3, 0.4) is 0 Å². The lowest BCUT2D eigenvalue weighted by atomic mass is 10.2. The molecule has 96 valence electrons. The van der Waals surface area contributed by atoms with Crippen molar-refractivity contribution < 1.29 is 0 Å². The molecule has 2 aromatic heterocycles. The molecule has 0 saturated carbocycles. The minimum absolute atomic E-state index is 0.338. The zero-order chi connectivity index (χ0) is 13.1. The van der Waals surface area contributed by atoms with E-state index >= 15 is 0 Å². The molecule has 0 aromatic carbocycles. The summed E-state index contributed by atoms with van der Waals surface area (Å²) in [7, 11) is 0. The van der Waals surface area contributed by atoms with Gasteiger partial charge in [0.1, 0.15) is 0 Å². The van der Waals surface area contributed by atoms with Crippen molar-refractivity contribution in [2.45, 2.75) is 40.2 Å². The summed E-state index contributed by atoms with van der Waals surface area (Å²) in [6, 6.07) is 4.59. The molecule has 0 saturated heterocycles. The average molecular weight is 261 g/mol. The van der Waals surface area contributed by atoms with Gasteiger partial charge in [-0.05, 0) is 44.7 Å². The van der Waals surface area contributed by atoms with Crippen LogP contribution in [0.4, 0.5) is 5.95 Å². The molecule has 0 unspecified atom stereocenters. The first-order valence-electron chi connectivity index (χ1n) is 6.17. The van der Waals surface area contributed by atoms with E-state index in [9.17, 15) is 0 Å². The van der Waals surface area contributed by atoms with Crippen molar-refractivity contribution in [3.63, 3.8) is 0 Å². The number of nitrogens with zero attached hydrogens (tertiary/aromatic N) is 2. The van der Waals surface area contributed by atoms with E-state index in [4.69, 9.17) is 0 Å². The SMILES string of the molecule is Cc1nc(N[C@H](C)Cc2cccs2)nc(C)c1C. The second kappa shape index (κ2) is 5.48. The number of aromatic nitrogens is 2. The lowest BCUT2D eigenvalue weighted by Gasteiger charge is -2.14. The normalized spacial score (nSPS) is 12.4. The summed E-state index contributed by atoms with van der Waals surface area (Å²) in [4.78, 5) is 10.4. The van der Waals surface area contributed by atoms with Gasteiger partial charge >= 0.3 is 0 Å². The van der Waals surface area contributed by atoms with E-state index in [0.717, 1.165) is 23.8 Å². The molecule has 2 rings (SSSR count). The number of anilines is 1. The first kappa shape index (κ1) is 13.0. The molecule has 0 aliphatic carbocycles. The maximum absolute atomic E-state index is 4.48. The van der Waals surface area contributed by atoms with Crippen molar-refractivity contribution in [3.05, 3.63) is 39.3 Å². The van der Waals surface area contributed by atoms with Crippen LogP contribution in [-0.4, -0.2) is 16.0 Å². The summed E-state index contributed by atoms with van der Waals surface area (Å²) < 4.78 is 0. The van der Waals surface area contributed by atoms with Crippen molar-refractivity contribution >= 4 is 17.3 Å². The second-order valence-corrected chi connectivity index (χ2v) is 5.70. The van der Waals surface area contributed by atoms with Gasteiger partial charge in [-0.2, -0.15) is 0 Å². The highest BCUT2D eigenvalue weighted by molar-refractivity contribution is 7.09. The summed E-state index contributed by atoms with van der Waals surface area (Å²) in [5.74, 6) is 0.736. The van der Waals surface area contributed by atoms with Gasteiger partial charge in [-0.1, -0.05) is 6.07 Å². The van der Waals surface area contributed by atoms with Crippen LogP contribution in [0.25, 0.3) is 0 Å². The van der Waals surface area contributed by atoms with E-state index in [2.05, 4.69) is 46.6 Å². The first-order chi connectivity index (χ1) is 8.56. The zero-order valence-electron chi connectivity index (χ0n) is 11.3. The fourth-order valence-corrected chi connectivity index (χ4v) is 2.67. The maximum Gasteiger partial charge on any atom is 0.223 e. The van der Waals surface area contributed by atoms with E-state index in [1.807, 2.05) is 13.8 Å². The average Bonchev–Trinajstić information content (AvgIpc) is 2.78. The molecule has 2 aromatic rings. The van der Waals surface area contributed by atoms with Gasteiger partial charge in [0.15, 0.2) is 0 Å². The highest BCUT2D eigenvalue weighted by Crippen LogP contribution is 2.15. The number of aryl methyl sites for hydroxylation is 2. The van der Waals surface area contributed by atoms with Crippen LogP contribution in [0.5, 0.6) is 0 Å². The van der Waals surface area contributed by atoms with Crippen molar-refractivity contribution in [3.8, 4) is 0 Å². The van der Waals surface area contributed by atoms with Crippen LogP contribution in [0.2, 0.25) is 0 Å². The Kier molecular flexibility index (Phi) is 3.97. The quantitative estimate of drug-likeness (QED) is 0.915. The Morgan fingerprint density at radius 1 is 1.22 bits per heavy atom. The summed E-state index contributed by atoms with van der Waals surface area (Å²) in [6.45, 7) is 8.27. The molecule has 4 heteroatoms. The summed E-state index contributed by atoms with van der Waals surface area (Å²) in [6.07, 6.45) is 1.01. The molecule has 3 nitrogen and oxygen atoms in total. The number of nitrogens with one attached hydrogen (secondary N) is 1. The topological polar surface area (TPSA) is 37.8 Å². The minimum atomic E-state index is 0.338. The molecule has 0 radical (unpaired) electrons. The van der Waals surface area contributed by atoms with E-state index < -0.39 is 0 Å². The highest BCUT2D eigenvalue weighted by atomic mass is 32.1. The predicted octanol–water partition coefficient (Wildman–Crippen LogP) is 3.51. The van der Waals surface area contributed by atoms with Gasteiger partial charge in [0.05, 0.1) is 0 Å². The molecule has 0 amide bonds. The summed E-state index contributed by atoms with van der Waals surface area (Å²) >= 11 is 1.79. The van der Waals surface area contributed by atoms with E-state index in [1.54, 1.807) is 11.3 Å². The van der Waals surface area contributed by atoms with Crippen LogP contribution >= 0.6 is 11.3 Å². The predicted molar refractivity (Wildman–Crippen MR) is 77.4 cm³/mol. The molecule has 18 heavy (non-hydrogen) atoms. The van der Waals surface area contributed by atoms with Gasteiger partial charge in [0.2, 0.25) is 5.95 Å². The molecular weight excluding hydrogens is 242 g/mol. The Morgan fingerprint density at radius 3 is 2.44 bits per heavy atom. The van der Waals surface area contributed by atoms with Gasteiger partial charge in [0.25, 0.3) is 0 Å². The number of hydrogen-bond donors (Lipinski definition) is 1. The van der Waals surface area contributed by atoms with Gasteiger partial charge < -0.3 is 5.32 Å². The third kappa shape index (κ3) is 3.07. The van der Waals surface area contributed by atoms with E-state index in [1.165, 1.54) is 10.4 Å². The van der Waals surface area contributed by atoms with Crippen LogP contribution in [0.15, 0.2) is 17.5 Å². The molecule has 2 heterocycles. The first-order valence-corrected chi connectivity index (χ1v) is 7.05. The smallest absolute Gasteiger partial charge is 0.223 e. The van der Waals surface area contributed by atoms with Crippen LogP contribution in [-0.2, 0) is 6.42 Å². The van der Waals surface area contributed by atoms with Crippen LogP contribution in [0.1, 0.15) is 28.8 Å². The highest BCUT2D eigenvalue weighted by Gasteiger charge is 2.08. The molecule has 0 spiro atoms. The summed E-state index contributed by atoms with van der Waals surface area (Å²) in [5.41, 5.74) is 3.27. The van der Waals surface area contributed by atoms with Crippen LogP contribution < -0.4 is 5.32 Å². The fraction of sp³-hybridized carbons (Fsp3) is 0.429.